The van der Waals surface area contributed by atoms with Crippen LogP contribution in [0.5, 0.6) is 0 Å². The molecule has 2 N–H and O–H groups in total. The third kappa shape index (κ3) is 3.86. The standard InChI is InChI=1S/C27H26FN7O3/c1-33-13-16(12-20(26(33)37)32-22-7-8-29-15-31-22)17-6-9-30-25(19(17)14-36)35-11-10-34-21-5-3-2-4-18(21)23(28)24(34)27(35)38/h6-9,12-13,15,36H,2-5,10-11,14H2,1H3,(H,29,31,32). The number of rotatable bonds is 5. The summed E-state index contributed by atoms with van der Waals surface area (Å²) < 4.78 is 18.6. The van der Waals surface area contributed by atoms with Gasteiger partial charge in [0.05, 0.1) is 6.61 Å². The second kappa shape index (κ2) is 9.49. The zero-order chi connectivity index (χ0) is 26.4. The lowest BCUT2D eigenvalue weighted by molar-refractivity contribution is 0.0958. The highest BCUT2D eigenvalue weighted by Gasteiger charge is 2.36. The summed E-state index contributed by atoms with van der Waals surface area (Å²) in [6.45, 7) is 0.361. The minimum absolute atomic E-state index is 0.0673. The van der Waals surface area contributed by atoms with E-state index in [1.165, 1.54) is 15.8 Å². The molecule has 6 rings (SSSR count). The molecule has 4 aromatic rings. The molecule has 0 fully saturated rings. The molecule has 0 spiro atoms. The van der Waals surface area contributed by atoms with Gasteiger partial charge in [0.25, 0.3) is 11.5 Å². The molecule has 0 bridgehead atoms. The van der Waals surface area contributed by atoms with Gasteiger partial charge < -0.3 is 19.6 Å². The van der Waals surface area contributed by atoms with Crippen LogP contribution in [0.4, 0.5) is 21.7 Å². The van der Waals surface area contributed by atoms with Gasteiger partial charge in [-0.1, -0.05) is 0 Å². The number of pyridine rings is 2. The Hall–Kier alpha value is -4.38. The van der Waals surface area contributed by atoms with Gasteiger partial charge in [-0.2, -0.15) is 0 Å². The van der Waals surface area contributed by atoms with E-state index in [-0.39, 0.29) is 22.8 Å². The number of hydrogen-bond acceptors (Lipinski definition) is 7. The van der Waals surface area contributed by atoms with Crippen LogP contribution in [0.25, 0.3) is 11.1 Å². The van der Waals surface area contributed by atoms with Gasteiger partial charge in [-0.3, -0.25) is 14.5 Å². The number of amides is 1. The topological polar surface area (TPSA) is 118 Å². The molecule has 11 heteroatoms. The Morgan fingerprint density at radius 1 is 1.11 bits per heavy atom. The summed E-state index contributed by atoms with van der Waals surface area (Å²) in [7, 11) is 1.63. The molecule has 1 aliphatic carbocycles. The van der Waals surface area contributed by atoms with E-state index in [9.17, 15) is 14.7 Å². The number of hydrogen-bond donors (Lipinski definition) is 2. The van der Waals surface area contributed by atoms with Crippen LogP contribution < -0.4 is 15.8 Å². The SMILES string of the molecule is Cn1cc(-c2ccnc(N3CCn4c5c(c(F)c4C3=O)CCCC5)c2CO)cc(Nc2ccncn2)c1=O. The first-order chi connectivity index (χ1) is 18.5. The van der Waals surface area contributed by atoms with E-state index in [4.69, 9.17) is 0 Å². The second-order valence-corrected chi connectivity index (χ2v) is 9.50. The van der Waals surface area contributed by atoms with Crippen LogP contribution in [0.15, 0.2) is 47.9 Å². The molecule has 1 amide bonds. The van der Waals surface area contributed by atoms with E-state index in [1.54, 1.807) is 43.8 Å². The number of aliphatic hydroxyl groups is 1. The van der Waals surface area contributed by atoms with Crippen LogP contribution >= 0.6 is 0 Å². The van der Waals surface area contributed by atoms with E-state index in [2.05, 4.69) is 20.3 Å². The van der Waals surface area contributed by atoms with Gasteiger partial charge in [-0.15, -0.1) is 0 Å². The molecule has 5 heterocycles. The van der Waals surface area contributed by atoms with Crippen molar-refractivity contribution in [2.45, 2.75) is 38.8 Å². The number of carbonyl (C=O) groups is 1. The fourth-order valence-electron chi connectivity index (χ4n) is 5.50. The third-order valence-electron chi connectivity index (χ3n) is 7.29. The highest BCUT2D eigenvalue weighted by Crippen LogP contribution is 2.36. The van der Waals surface area contributed by atoms with E-state index < -0.39 is 18.3 Å². The molecule has 2 aliphatic rings. The lowest BCUT2D eigenvalue weighted by atomic mass is 9.97. The molecule has 0 saturated heterocycles. The summed E-state index contributed by atoms with van der Waals surface area (Å²) in [6, 6.07) is 5.03. The molecular weight excluding hydrogens is 489 g/mol. The molecule has 0 saturated carbocycles. The summed E-state index contributed by atoms with van der Waals surface area (Å²) in [6.07, 6.45) is 9.46. The minimum Gasteiger partial charge on any atom is -0.392 e. The van der Waals surface area contributed by atoms with Crippen LogP contribution in [0.3, 0.4) is 0 Å². The quantitative estimate of drug-likeness (QED) is 0.420. The predicted octanol–water partition coefficient (Wildman–Crippen LogP) is 2.95. The van der Waals surface area contributed by atoms with Crippen LogP contribution in [0.2, 0.25) is 0 Å². The Morgan fingerprint density at radius 3 is 2.74 bits per heavy atom. The van der Waals surface area contributed by atoms with Crippen molar-refractivity contribution in [1.82, 2.24) is 24.1 Å². The molecule has 0 radical (unpaired) electrons. The number of fused-ring (bicyclic) bond motifs is 3. The summed E-state index contributed by atoms with van der Waals surface area (Å²) in [5.74, 6) is -0.165. The van der Waals surface area contributed by atoms with Gasteiger partial charge >= 0.3 is 0 Å². The Morgan fingerprint density at radius 2 is 1.95 bits per heavy atom. The number of nitrogens with zero attached hydrogens (tertiary/aromatic N) is 6. The van der Waals surface area contributed by atoms with Gasteiger partial charge in [-0.05, 0) is 49.4 Å². The molecule has 38 heavy (non-hydrogen) atoms. The van der Waals surface area contributed by atoms with Gasteiger partial charge in [-0.25, -0.2) is 19.3 Å². The Bertz CT molecular complexity index is 1610. The highest BCUT2D eigenvalue weighted by molar-refractivity contribution is 6.06. The summed E-state index contributed by atoms with van der Waals surface area (Å²) in [5.41, 5.74) is 3.31. The van der Waals surface area contributed by atoms with Crippen molar-refractivity contribution in [1.29, 1.82) is 0 Å². The Balaban J connectivity index is 1.41. The van der Waals surface area contributed by atoms with Crippen molar-refractivity contribution in [2.75, 3.05) is 16.8 Å². The van der Waals surface area contributed by atoms with Gasteiger partial charge in [0.15, 0.2) is 5.82 Å². The van der Waals surface area contributed by atoms with Crippen molar-refractivity contribution in [2.24, 2.45) is 7.05 Å². The fourth-order valence-corrected chi connectivity index (χ4v) is 5.50. The second-order valence-electron chi connectivity index (χ2n) is 9.50. The van der Waals surface area contributed by atoms with Crippen LogP contribution in [0, 0.1) is 5.82 Å². The van der Waals surface area contributed by atoms with E-state index in [0.29, 0.717) is 47.6 Å². The molecule has 1 aliphatic heterocycles. The number of nitrogens with one attached hydrogen (secondary N) is 1. The maximum Gasteiger partial charge on any atom is 0.279 e. The normalized spacial score (nSPS) is 14.8. The van der Waals surface area contributed by atoms with Crippen molar-refractivity contribution in [3.8, 4) is 11.1 Å². The fraction of sp³-hybridized carbons (Fsp3) is 0.296. The van der Waals surface area contributed by atoms with Gasteiger partial charge in [0, 0.05) is 61.1 Å². The smallest absolute Gasteiger partial charge is 0.279 e. The molecule has 4 aromatic heterocycles. The van der Waals surface area contributed by atoms with Crippen molar-refractivity contribution in [3.63, 3.8) is 0 Å². The molecule has 0 unspecified atom stereocenters. The Kier molecular flexibility index (Phi) is 5.99. The Labute approximate surface area is 217 Å². The summed E-state index contributed by atoms with van der Waals surface area (Å²) >= 11 is 0. The predicted molar refractivity (Wildman–Crippen MR) is 139 cm³/mol. The molecular formula is C27H26FN7O3. The molecule has 0 atom stereocenters. The zero-order valence-electron chi connectivity index (χ0n) is 20.8. The number of carbonyl (C=O) groups excluding carboxylic acids is 1. The maximum absolute atomic E-state index is 15.4. The van der Waals surface area contributed by atoms with E-state index in [1.807, 2.05) is 4.57 Å². The minimum atomic E-state index is -0.464. The maximum atomic E-state index is 15.4. The first-order valence-corrected chi connectivity index (χ1v) is 12.5. The number of aliphatic hydroxyl groups excluding tert-OH is 1. The number of anilines is 3. The van der Waals surface area contributed by atoms with Gasteiger partial charge in [0.1, 0.15) is 29.3 Å². The first-order valence-electron chi connectivity index (χ1n) is 12.5. The summed E-state index contributed by atoms with van der Waals surface area (Å²) in [4.78, 5) is 40.3. The largest absolute Gasteiger partial charge is 0.392 e. The van der Waals surface area contributed by atoms with Gasteiger partial charge in [0.2, 0.25) is 0 Å². The number of aromatic nitrogens is 5. The van der Waals surface area contributed by atoms with Crippen molar-refractivity contribution >= 4 is 23.2 Å². The zero-order valence-corrected chi connectivity index (χ0v) is 20.8. The highest BCUT2D eigenvalue weighted by atomic mass is 19.1. The summed E-state index contributed by atoms with van der Waals surface area (Å²) in [5, 5.41) is 13.4. The lowest BCUT2D eigenvalue weighted by Crippen LogP contribution is -2.42. The first kappa shape index (κ1) is 24.0. The average molecular weight is 516 g/mol. The van der Waals surface area contributed by atoms with Crippen LogP contribution in [0.1, 0.15) is 40.2 Å². The number of halogens is 1. The molecule has 194 valence electrons. The van der Waals surface area contributed by atoms with Crippen molar-refractivity contribution < 1.29 is 14.3 Å². The monoisotopic (exact) mass is 515 g/mol. The van der Waals surface area contributed by atoms with E-state index >= 15 is 4.39 Å². The van der Waals surface area contributed by atoms with Crippen LogP contribution in [-0.2, 0) is 33.0 Å². The molecule has 0 aromatic carbocycles. The average Bonchev–Trinajstić information content (AvgIpc) is 3.24. The molecule has 10 nitrogen and oxygen atoms in total. The lowest BCUT2D eigenvalue weighted by Gasteiger charge is -2.30. The van der Waals surface area contributed by atoms with E-state index in [0.717, 1.165) is 25.0 Å². The number of aryl methyl sites for hydroxylation is 1. The van der Waals surface area contributed by atoms with Crippen molar-refractivity contribution in [3.05, 3.63) is 81.8 Å². The van der Waals surface area contributed by atoms with Crippen LogP contribution in [-0.4, -0.2) is 41.6 Å². The third-order valence-corrected chi connectivity index (χ3v) is 7.29.